The normalized spacial score (nSPS) is 17.1. The maximum Gasteiger partial charge on any atom is 0.252 e. The van der Waals surface area contributed by atoms with Gasteiger partial charge < -0.3 is 10.6 Å². The average Bonchev–Trinajstić information content (AvgIpc) is 2.93. The molecular formula is C17H15FN2O2. The van der Waals surface area contributed by atoms with E-state index < -0.39 is 6.04 Å². The van der Waals surface area contributed by atoms with Crippen LogP contribution in [0, 0.1) is 5.82 Å². The lowest BCUT2D eigenvalue weighted by Gasteiger charge is -2.13. The quantitative estimate of drug-likeness (QED) is 0.912. The van der Waals surface area contributed by atoms with E-state index >= 15 is 0 Å². The number of carbonyl (C=O) groups excluding carboxylic acids is 2. The third-order valence-corrected chi connectivity index (χ3v) is 3.69. The molecule has 0 bridgehead atoms. The Labute approximate surface area is 127 Å². The summed E-state index contributed by atoms with van der Waals surface area (Å²) in [4.78, 5) is 24.0. The van der Waals surface area contributed by atoms with Gasteiger partial charge in [0.05, 0.1) is 0 Å². The molecule has 0 aromatic heterocycles. The molecule has 2 aromatic rings. The van der Waals surface area contributed by atoms with E-state index in [4.69, 9.17) is 0 Å². The highest BCUT2D eigenvalue weighted by atomic mass is 19.1. The highest BCUT2D eigenvalue weighted by Gasteiger charge is 2.26. The minimum Gasteiger partial charge on any atom is -0.354 e. The second kappa shape index (κ2) is 5.97. The molecule has 2 amide bonds. The van der Waals surface area contributed by atoms with Gasteiger partial charge in [0.25, 0.3) is 5.91 Å². The Kier molecular flexibility index (Phi) is 3.87. The van der Waals surface area contributed by atoms with Crippen LogP contribution in [0.1, 0.15) is 16.8 Å². The van der Waals surface area contributed by atoms with Crippen LogP contribution in [0.15, 0.2) is 48.5 Å². The van der Waals surface area contributed by atoms with Gasteiger partial charge in [-0.05, 0) is 24.1 Å². The number of amides is 2. The third-order valence-electron chi connectivity index (χ3n) is 3.69. The van der Waals surface area contributed by atoms with Crippen molar-refractivity contribution in [3.63, 3.8) is 0 Å². The summed E-state index contributed by atoms with van der Waals surface area (Å²) in [5.74, 6) is -0.945. The Hall–Kier alpha value is -2.69. The summed E-state index contributed by atoms with van der Waals surface area (Å²) >= 11 is 0. The highest BCUT2D eigenvalue weighted by Crippen LogP contribution is 2.26. The van der Waals surface area contributed by atoms with Gasteiger partial charge in [-0.15, -0.1) is 0 Å². The first-order chi connectivity index (χ1) is 10.7. The molecule has 1 aliphatic heterocycles. The van der Waals surface area contributed by atoms with E-state index in [9.17, 15) is 14.0 Å². The molecule has 1 heterocycles. The second-order valence-electron chi connectivity index (χ2n) is 5.13. The van der Waals surface area contributed by atoms with Crippen molar-refractivity contribution in [2.24, 2.45) is 0 Å². The van der Waals surface area contributed by atoms with Gasteiger partial charge in [0.1, 0.15) is 11.9 Å². The summed E-state index contributed by atoms with van der Waals surface area (Å²) in [5.41, 5.74) is 1.23. The molecule has 3 rings (SSSR count). The molecule has 112 valence electrons. The number of carbonyl (C=O) groups is 2. The lowest BCUT2D eigenvalue weighted by molar-refractivity contribution is -0.120. The first-order valence-electron chi connectivity index (χ1n) is 7.09. The summed E-state index contributed by atoms with van der Waals surface area (Å²) in [6.07, 6.45) is 0.562. The lowest BCUT2D eigenvalue weighted by atomic mass is 9.98. The molecule has 22 heavy (non-hydrogen) atoms. The average molecular weight is 298 g/mol. The van der Waals surface area contributed by atoms with E-state index in [-0.39, 0.29) is 17.6 Å². The first-order valence-corrected chi connectivity index (χ1v) is 7.09. The lowest BCUT2D eigenvalue weighted by Crippen LogP contribution is -2.40. The van der Waals surface area contributed by atoms with Gasteiger partial charge in [-0.2, -0.15) is 0 Å². The fraction of sp³-hybridized carbons (Fsp3) is 0.176. The van der Waals surface area contributed by atoms with Crippen LogP contribution in [-0.4, -0.2) is 24.4 Å². The molecule has 1 saturated heterocycles. The zero-order valence-electron chi connectivity index (χ0n) is 11.8. The number of rotatable bonds is 3. The van der Waals surface area contributed by atoms with Gasteiger partial charge in [-0.25, -0.2) is 4.39 Å². The first kappa shape index (κ1) is 14.3. The van der Waals surface area contributed by atoms with Crippen molar-refractivity contribution in [2.75, 3.05) is 6.54 Å². The van der Waals surface area contributed by atoms with Crippen LogP contribution in [0.3, 0.4) is 0 Å². The van der Waals surface area contributed by atoms with Crippen molar-refractivity contribution in [1.82, 2.24) is 10.6 Å². The second-order valence-corrected chi connectivity index (χ2v) is 5.13. The van der Waals surface area contributed by atoms with Gasteiger partial charge in [0, 0.05) is 17.7 Å². The molecule has 1 aliphatic rings. The minimum atomic E-state index is -0.527. The largest absolute Gasteiger partial charge is 0.354 e. The summed E-state index contributed by atoms with van der Waals surface area (Å²) < 4.78 is 14.0. The van der Waals surface area contributed by atoms with E-state index in [1.807, 2.05) is 0 Å². The number of hydrogen-bond acceptors (Lipinski definition) is 2. The molecule has 1 unspecified atom stereocenters. The molecule has 2 aromatic carbocycles. The zero-order valence-corrected chi connectivity index (χ0v) is 11.8. The fourth-order valence-corrected chi connectivity index (χ4v) is 2.56. The van der Waals surface area contributed by atoms with E-state index in [2.05, 4.69) is 10.6 Å². The van der Waals surface area contributed by atoms with Crippen molar-refractivity contribution in [3.05, 3.63) is 59.9 Å². The van der Waals surface area contributed by atoms with Crippen LogP contribution in [0.4, 0.5) is 4.39 Å². The van der Waals surface area contributed by atoms with E-state index in [1.54, 1.807) is 42.5 Å². The predicted molar refractivity (Wildman–Crippen MR) is 80.7 cm³/mol. The number of hydrogen-bond donors (Lipinski definition) is 2. The molecular weight excluding hydrogens is 283 g/mol. The Morgan fingerprint density at radius 2 is 1.77 bits per heavy atom. The fourth-order valence-electron chi connectivity index (χ4n) is 2.56. The summed E-state index contributed by atoms with van der Waals surface area (Å²) in [5, 5.41) is 5.37. The van der Waals surface area contributed by atoms with Crippen molar-refractivity contribution >= 4 is 11.8 Å². The highest BCUT2D eigenvalue weighted by molar-refractivity contribution is 6.03. The summed E-state index contributed by atoms with van der Waals surface area (Å²) in [6.45, 7) is 0.554. The summed E-state index contributed by atoms with van der Waals surface area (Å²) in [7, 11) is 0. The maximum atomic E-state index is 14.0. The number of nitrogens with one attached hydrogen (secondary N) is 2. The predicted octanol–water partition coefficient (Wildman–Crippen LogP) is 2.11. The maximum absolute atomic E-state index is 14.0. The molecule has 1 fully saturated rings. The van der Waals surface area contributed by atoms with Gasteiger partial charge >= 0.3 is 0 Å². The molecule has 0 saturated carbocycles. The Bertz CT molecular complexity index is 730. The smallest absolute Gasteiger partial charge is 0.252 e. The Balaban J connectivity index is 1.93. The van der Waals surface area contributed by atoms with E-state index in [0.29, 0.717) is 29.7 Å². The van der Waals surface area contributed by atoms with Crippen molar-refractivity contribution in [3.8, 4) is 11.1 Å². The molecule has 0 spiro atoms. The van der Waals surface area contributed by atoms with E-state index in [1.165, 1.54) is 6.07 Å². The van der Waals surface area contributed by atoms with Gasteiger partial charge in [0.2, 0.25) is 5.91 Å². The minimum absolute atomic E-state index is 0.184. The molecule has 0 aliphatic carbocycles. The monoisotopic (exact) mass is 298 g/mol. The third kappa shape index (κ3) is 2.70. The number of halogens is 1. The van der Waals surface area contributed by atoms with Gasteiger partial charge in [-0.1, -0.05) is 36.4 Å². The van der Waals surface area contributed by atoms with Crippen LogP contribution in [0.5, 0.6) is 0 Å². The topological polar surface area (TPSA) is 58.2 Å². The van der Waals surface area contributed by atoms with Crippen LogP contribution in [0.25, 0.3) is 11.1 Å². The van der Waals surface area contributed by atoms with Crippen LogP contribution >= 0.6 is 0 Å². The van der Waals surface area contributed by atoms with Gasteiger partial charge in [-0.3, -0.25) is 9.59 Å². The Morgan fingerprint density at radius 1 is 1.09 bits per heavy atom. The molecule has 5 heteroatoms. The molecule has 2 N–H and O–H groups in total. The molecule has 0 radical (unpaired) electrons. The van der Waals surface area contributed by atoms with Crippen LogP contribution < -0.4 is 10.6 Å². The SMILES string of the molecule is O=C(NC1CCNC1=O)c1ccccc1-c1ccccc1F. The summed E-state index contributed by atoms with van der Waals surface area (Å²) in [6, 6.07) is 12.6. The standard InChI is InChI=1S/C17H15FN2O2/c18-14-8-4-3-6-12(14)11-5-1-2-7-13(11)16(21)20-15-9-10-19-17(15)22/h1-8,15H,9-10H2,(H,19,22)(H,20,21). The van der Waals surface area contributed by atoms with Gasteiger partial charge in [0.15, 0.2) is 0 Å². The van der Waals surface area contributed by atoms with Crippen molar-refractivity contribution < 1.29 is 14.0 Å². The van der Waals surface area contributed by atoms with Crippen LogP contribution in [0.2, 0.25) is 0 Å². The van der Waals surface area contributed by atoms with Crippen molar-refractivity contribution in [1.29, 1.82) is 0 Å². The number of benzene rings is 2. The van der Waals surface area contributed by atoms with E-state index in [0.717, 1.165) is 0 Å². The molecule has 4 nitrogen and oxygen atoms in total. The Morgan fingerprint density at radius 3 is 2.45 bits per heavy atom. The van der Waals surface area contributed by atoms with Crippen LogP contribution in [-0.2, 0) is 4.79 Å². The molecule has 1 atom stereocenters. The zero-order chi connectivity index (χ0) is 15.5. The van der Waals surface area contributed by atoms with Crippen molar-refractivity contribution in [2.45, 2.75) is 12.5 Å².